The first-order valence-electron chi connectivity index (χ1n) is 6.98. The zero-order valence-corrected chi connectivity index (χ0v) is 13.6. The number of aliphatic hydroxyl groups excluding tert-OH is 1. The lowest BCUT2D eigenvalue weighted by molar-refractivity contribution is 0.276. The van der Waals surface area contributed by atoms with Crippen LogP contribution in [0.25, 0.3) is 0 Å². The summed E-state index contributed by atoms with van der Waals surface area (Å²) in [4.78, 5) is 6.25. The fraction of sp³-hybridized carbons (Fsp3) is 0.786. The molecule has 108 valence electrons. The van der Waals surface area contributed by atoms with Crippen LogP contribution in [0.15, 0.2) is 0 Å². The Kier molecular flexibility index (Phi) is 5.69. The Hall–Kier alpha value is -0.100. The molecule has 3 nitrogen and oxygen atoms in total. The fourth-order valence-corrected chi connectivity index (χ4v) is 4.37. The van der Waals surface area contributed by atoms with E-state index in [2.05, 4.69) is 19.2 Å². The van der Waals surface area contributed by atoms with Crippen molar-refractivity contribution in [3.8, 4) is 0 Å². The molecule has 0 aromatic carbocycles. The van der Waals surface area contributed by atoms with Crippen molar-refractivity contribution in [1.29, 1.82) is 0 Å². The van der Waals surface area contributed by atoms with Crippen LogP contribution >= 0.6 is 23.1 Å². The van der Waals surface area contributed by atoms with Gasteiger partial charge in [0.25, 0.3) is 0 Å². The first-order valence-corrected chi connectivity index (χ1v) is 9.09. The number of hydrogen-bond donors (Lipinski definition) is 2. The van der Waals surface area contributed by atoms with Crippen LogP contribution in [0.2, 0.25) is 0 Å². The van der Waals surface area contributed by atoms with Crippen LogP contribution in [0, 0.1) is 5.92 Å². The van der Waals surface area contributed by atoms with E-state index in [9.17, 15) is 5.11 Å². The quantitative estimate of drug-likeness (QED) is 0.847. The standard InChI is InChI=1S/C14H24N2OS2/c1-9-4-5-11-12(6-9)19-14(16-11)7-15-10(2)13(8-17)18-3/h9-10,13,15,17H,4-8H2,1-3H3. The van der Waals surface area contributed by atoms with Gasteiger partial charge in [-0.15, -0.1) is 11.3 Å². The van der Waals surface area contributed by atoms with Crippen molar-refractivity contribution in [2.75, 3.05) is 12.9 Å². The highest BCUT2D eigenvalue weighted by molar-refractivity contribution is 7.99. The van der Waals surface area contributed by atoms with Crippen LogP contribution in [0.4, 0.5) is 0 Å². The molecule has 19 heavy (non-hydrogen) atoms. The van der Waals surface area contributed by atoms with Crippen LogP contribution in [-0.4, -0.2) is 34.2 Å². The van der Waals surface area contributed by atoms with Crippen molar-refractivity contribution in [2.24, 2.45) is 5.92 Å². The zero-order chi connectivity index (χ0) is 13.8. The number of aryl methyl sites for hydroxylation is 1. The lowest BCUT2D eigenvalue weighted by Gasteiger charge is -2.20. The van der Waals surface area contributed by atoms with Gasteiger partial charge in [-0.1, -0.05) is 6.92 Å². The van der Waals surface area contributed by atoms with Crippen molar-refractivity contribution in [1.82, 2.24) is 10.3 Å². The van der Waals surface area contributed by atoms with Crippen molar-refractivity contribution >= 4 is 23.1 Å². The predicted octanol–water partition coefficient (Wildman–Crippen LogP) is 2.47. The van der Waals surface area contributed by atoms with E-state index in [0.29, 0.717) is 6.04 Å². The third-order valence-electron chi connectivity index (χ3n) is 3.85. The Balaban J connectivity index is 1.90. The minimum atomic E-state index is 0.223. The minimum Gasteiger partial charge on any atom is -0.395 e. The molecular formula is C14H24N2OS2. The number of aliphatic hydroxyl groups is 1. The largest absolute Gasteiger partial charge is 0.395 e. The highest BCUT2D eigenvalue weighted by atomic mass is 32.2. The van der Waals surface area contributed by atoms with Gasteiger partial charge >= 0.3 is 0 Å². The molecule has 0 bridgehead atoms. The number of thioether (sulfide) groups is 1. The maximum atomic E-state index is 9.28. The second-order valence-electron chi connectivity index (χ2n) is 5.45. The average Bonchev–Trinajstić information content (AvgIpc) is 2.79. The second-order valence-corrected chi connectivity index (χ2v) is 7.70. The summed E-state index contributed by atoms with van der Waals surface area (Å²) in [6.07, 6.45) is 5.67. The molecule has 1 aromatic heterocycles. The molecular weight excluding hydrogens is 276 g/mol. The summed E-state index contributed by atoms with van der Waals surface area (Å²) in [5.74, 6) is 0.808. The lowest BCUT2D eigenvalue weighted by atomic mass is 9.93. The number of nitrogens with one attached hydrogen (secondary N) is 1. The Morgan fingerprint density at radius 3 is 3.05 bits per heavy atom. The van der Waals surface area contributed by atoms with Gasteiger partial charge in [0.05, 0.1) is 12.3 Å². The number of nitrogens with zero attached hydrogens (tertiary/aromatic N) is 1. The van der Waals surface area contributed by atoms with Gasteiger partial charge in [0.15, 0.2) is 0 Å². The van der Waals surface area contributed by atoms with Crippen molar-refractivity contribution < 1.29 is 5.11 Å². The number of hydrogen-bond acceptors (Lipinski definition) is 5. The molecule has 2 N–H and O–H groups in total. The van der Waals surface area contributed by atoms with Gasteiger partial charge < -0.3 is 10.4 Å². The van der Waals surface area contributed by atoms with Crippen molar-refractivity contribution in [3.05, 3.63) is 15.6 Å². The molecule has 0 amide bonds. The van der Waals surface area contributed by atoms with Gasteiger partial charge in [-0.2, -0.15) is 11.8 Å². The van der Waals surface area contributed by atoms with E-state index in [1.54, 1.807) is 11.8 Å². The summed E-state index contributed by atoms with van der Waals surface area (Å²) in [5, 5.41) is 14.2. The Labute approximate surface area is 124 Å². The molecule has 2 rings (SSSR count). The topological polar surface area (TPSA) is 45.1 Å². The molecule has 0 saturated carbocycles. The van der Waals surface area contributed by atoms with E-state index in [-0.39, 0.29) is 11.9 Å². The average molecular weight is 300 g/mol. The lowest BCUT2D eigenvalue weighted by Crippen LogP contribution is -2.37. The molecule has 0 spiro atoms. The molecule has 1 aliphatic rings. The number of fused-ring (bicyclic) bond motifs is 1. The zero-order valence-electron chi connectivity index (χ0n) is 12.0. The highest BCUT2D eigenvalue weighted by Crippen LogP contribution is 2.29. The molecule has 0 saturated heterocycles. The van der Waals surface area contributed by atoms with E-state index in [1.807, 2.05) is 17.6 Å². The SMILES string of the molecule is CSC(CO)C(C)NCc1nc2c(s1)CC(C)CC2. The van der Waals surface area contributed by atoms with Gasteiger partial charge in [0.2, 0.25) is 0 Å². The first-order chi connectivity index (χ1) is 9.13. The number of rotatable bonds is 6. The van der Waals surface area contributed by atoms with Gasteiger partial charge in [0.1, 0.15) is 5.01 Å². The number of aromatic nitrogens is 1. The summed E-state index contributed by atoms with van der Waals surface area (Å²) in [6.45, 7) is 5.51. The van der Waals surface area contributed by atoms with Crippen molar-refractivity contribution in [3.63, 3.8) is 0 Å². The maximum absolute atomic E-state index is 9.28. The highest BCUT2D eigenvalue weighted by Gasteiger charge is 2.20. The first kappa shape index (κ1) is 15.3. The van der Waals surface area contributed by atoms with E-state index in [1.165, 1.54) is 28.4 Å². The summed E-state index contributed by atoms with van der Waals surface area (Å²) in [6, 6.07) is 0.305. The van der Waals surface area contributed by atoms with E-state index >= 15 is 0 Å². The Morgan fingerprint density at radius 1 is 1.58 bits per heavy atom. The molecule has 0 aliphatic heterocycles. The third-order valence-corrected chi connectivity index (χ3v) is 6.13. The molecule has 1 aromatic rings. The molecule has 0 radical (unpaired) electrons. The minimum absolute atomic E-state index is 0.223. The molecule has 1 heterocycles. The monoisotopic (exact) mass is 300 g/mol. The number of thiazole rings is 1. The summed E-state index contributed by atoms with van der Waals surface area (Å²) in [7, 11) is 0. The van der Waals surface area contributed by atoms with Crippen LogP contribution in [-0.2, 0) is 19.4 Å². The molecule has 0 fully saturated rings. The molecule has 3 unspecified atom stereocenters. The second kappa shape index (κ2) is 7.07. The summed E-state index contributed by atoms with van der Waals surface area (Å²) < 4.78 is 0. The van der Waals surface area contributed by atoms with E-state index in [0.717, 1.165) is 18.9 Å². The van der Waals surface area contributed by atoms with Gasteiger partial charge in [0, 0.05) is 22.7 Å². The Bertz CT molecular complexity index is 404. The van der Waals surface area contributed by atoms with Crippen molar-refractivity contribution in [2.45, 2.75) is 50.9 Å². The van der Waals surface area contributed by atoms with Gasteiger partial charge in [-0.05, 0) is 38.4 Å². The smallest absolute Gasteiger partial charge is 0.107 e. The Morgan fingerprint density at radius 2 is 2.37 bits per heavy atom. The van der Waals surface area contributed by atoms with Crippen LogP contribution in [0.5, 0.6) is 0 Å². The van der Waals surface area contributed by atoms with Crippen LogP contribution in [0.1, 0.15) is 35.8 Å². The normalized spacial score (nSPS) is 22.0. The predicted molar refractivity (Wildman–Crippen MR) is 84.0 cm³/mol. The molecule has 1 aliphatic carbocycles. The maximum Gasteiger partial charge on any atom is 0.107 e. The summed E-state index contributed by atoms with van der Waals surface area (Å²) in [5.41, 5.74) is 1.33. The van der Waals surface area contributed by atoms with E-state index < -0.39 is 0 Å². The third kappa shape index (κ3) is 3.94. The van der Waals surface area contributed by atoms with Crippen LogP contribution < -0.4 is 5.32 Å². The van der Waals surface area contributed by atoms with Crippen LogP contribution in [0.3, 0.4) is 0 Å². The van der Waals surface area contributed by atoms with Gasteiger partial charge in [-0.3, -0.25) is 0 Å². The molecule has 5 heteroatoms. The van der Waals surface area contributed by atoms with Gasteiger partial charge in [-0.25, -0.2) is 4.98 Å². The summed E-state index contributed by atoms with van der Waals surface area (Å²) >= 11 is 3.58. The fourth-order valence-electron chi connectivity index (χ4n) is 2.49. The van der Waals surface area contributed by atoms with E-state index in [4.69, 9.17) is 4.98 Å². The molecule has 3 atom stereocenters.